The molecule has 0 aliphatic heterocycles. The molecule has 2 nitrogen and oxygen atoms in total. The van der Waals surface area contributed by atoms with Crippen molar-refractivity contribution in [2.45, 2.75) is 25.4 Å². The Kier molecular flexibility index (Phi) is 5.02. The van der Waals surface area contributed by atoms with Crippen molar-refractivity contribution < 1.29 is 14.6 Å². The molecule has 0 heterocycles. The molecule has 1 unspecified atom stereocenters. The van der Waals surface area contributed by atoms with Gasteiger partial charge in [0.2, 0.25) is 0 Å². The summed E-state index contributed by atoms with van der Waals surface area (Å²) in [7, 11) is 0. The van der Waals surface area contributed by atoms with Crippen LogP contribution in [-0.2, 0) is 6.42 Å². The standard InChI is InChI=1S/C11H14ClFO2/c12-11-4-3-9(13)6-8(11)7-10(15)2-1-5-14/h3-4,6,10,14-15H,1-2,5,7H2. The van der Waals surface area contributed by atoms with Crippen LogP contribution in [0, 0.1) is 5.82 Å². The molecular formula is C11H14ClFO2. The topological polar surface area (TPSA) is 40.5 Å². The number of aliphatic hydroxyl groups excluding tert-OH is 2. The van der Waals surface area contributed by atoms with Crippen LogP contribution >= 0.6 is 11.6 Å². The lowest BCUT2D eigenvalue weighted by molar-refractivity contribution is 0.150. The number of hydrogen-bond donors (Lipinski definition) is 2. The van der Waals surface area contributed by atoms with Crippen molar-refractivity contribution >= 4 is 11.6 Å². The molecule has 0 spiro atoms. The van der Waals surface area contributed by atoms with Gasteiger partial charge in [0.15, 0.2) is 0 Å². The van der Waals surface area contributed by atoms with E-state index in [9.17, 15) is 9.50 Å². The molecule has 0 fully saturated rings. The van der Waals surface area contributed by atoms with Crippen molar-refractivity contribution in [3.8, 4) is 0 Å². The van der Waals surface area contributed by atoms with Crippen LogP contribution in [0.4, 0.5) is 4.39 Å². The first-order chi connectivity index (χ1) is 7.13. The van der Waals surface area contributed by atoms with Crippen LogP contribution < -0.4 is 0 Å². The van der Waals surface area contributed by atoms with Gasteiger partial charge in [-0.1, -0.05) is 11.6 Å². The van der Waals surface area contributed by atoms with Gasteiger partial charge in [0.1, 0.15) is 5.82 Å². The van der Waals surface area contributed by atoms with Gasteiger partial charge in [-0.3, -0.25) is 0 Å². The van der Waals surface area contributed by atoms with Crippen molar-refractivity contribution in [3.05, 3.63) is 34.6 Å². The molecule has 2 N–H and O–H groups in total. The summed E-state index contributed by atoms with van der Waals surface area (Å²) < 4.78 is 12.9. The maximum atomic E-state index is 12.9. The van der Waals surface area contributed by atoms with Gasteiger partial charge < -0.3 is 10.2 Å². The van der Waals surface area contributed by atoms with E-state index in [0.29, 0.717) is 29.8 Å². The minimum Gasteiger partial charge on any atom is -0.396 e. The highest BCUT2D eigenvalue weighted by Crippen LogP contribution is 2.19. The summed E-state index contributed by atoms with van der Waals surface area (Å²) in [5, 5.41) is 18.6. The van der Waals surface area contributed by atoms with E-state index in [4.69, 9.17) is 16.7 Å². The molecule has 15 heavy (non-hydrogen) atoms. The summed E-state index contributed by atoms with van der Waals surface area (Å²) in [6.45, 7) is 0.0495. The molecule has 0 amide bonds. The molecule has 1 atom stereocenters. The lowest BCUT2D eigenvalue weighted by Crippen LogP contribution is -2.11. The van der Waals surface area contributed by atoms with Gasteiger partial charge in [0.25, 0.3) is 0 Å². The third kappa shape index (κ3) is 4.16. The second-order valence-electron chi connectivity index (χ2n) is 3.46. The van der Waals surface area contributed by atoms with Crippen LogP contribution in [-0.4, -0.2) is 22.9 Å². The number of rotatable bonds is 5. The van der Waals surface area contributed by atoms with E-state index in [-0.39, 0.29) is 12.4 Å². The van der Waals surface area contributed by atoms with Gasteiger partial charge in [-0.2, -0.15) is 0 Å². The summed E-state index contributed by atoms with van der Waals surface area (Å²) in [6, 6.07) is 4.08. The molecule has 84 valence electrons. The molecular weight excluding hydrogens is 219 g/mol. The molecule has 1 aromatic rings. The zero-order valence-electron chi connectivity index (χ0n) is 8.29. The number of hydrogen-bond acceptors (Lipinski definition) is 2. The lowest BCUT2D eigenvalue weighted by Gasteiger charge is -2.10. The number of benzene rings is 1. The van der Waals surface area contributed by atoms with Crippen molar-refractivity contribution in [2.24, 2.45) is 0 Å². The molecule has 0 aliphatic rings. The van der Waals surface area contributed by atoms with Gasteiger partial charge in [-0.05, 0) is 43.0 Å². The van der Waals surface area contributed by atoms with E-state index in [1.54, 1.807) is 0 Å². The van der Waals surface area contributed by atoms with E-state index in [1.165, 1.54) is 18.2 Å². The third-order valence-corrected chi connectivity index (χ3v) is 2.53. The van der Waals surface area contributed by atoms with Gasteiger partial charge in [-0.15, -0.1) is 0 Å². The predicted molar refractivity (Wildman–Crippen MR) is 57.4 cm³/mol. The van der Waals surface area contributed by atoms with Crippen LogP contribution in [0.15, 0.2) is 18.2 Å². The fourth-order valence-electron chi connectivity index (χ4n) is 1.38. The SMILES string of the molecule is OCCCC(O)Cc1cc(F)ccc1Cl. The van der Waals surface area contributed by atoms with Crippen LogP contribution in [0.5, 0.6) is 0 Å². The highest BCUT2D eigenvalue weighted by Gasteiger charge is 2.09. The summed E-state index contributed by atoms with van der Waals surface area (Å²) in [4.78, 5) is 0. The van der Waals surface area contributed by atoms with Gasteiger partial charge >= 0.3 is 0 Å². The van der Waals surface area contributed by atoms with E-state index < -0.39 is 6.10 Å². The van der Waals surface area contributed by atoms with Crippen molar-refractivity contribution in [3.63, 3.8) is 0 Å². The van der Waals surface area contributed by atoms with Crippen LogP contribution in [0.25, 0.3) is 0 Å². The molecule has 0 aromatic heterocycles. The quantitative estimate of drug-likeness (QED) is 0.817. The van der Waals surface area contributed by atoms with Crippen LogP contribution in [0.3, 0.4) is 0 Å². The zero-order valence-corrected chi connectivity index (χ0v) is 9.04. The summed E-state index contributed by atoms with van der Waals surface area (Å²) >= 11 is 5.85. The van der Waals surface area contributed by atoms with Gasteiger partial charge in [0, 0.05) is 11.6 Å². The summed E-state index contributed by atoms with van der Waals surface area (Å²) in [5.74, 6) is -0.358. The van der Waals surface area contributed by atoms with Gasteiger partial charge in [0.05, 0.1) is 6.10 Å². The fraction of sp³-hybridized carbons (Fsp3) is 0.455. The first kappa shape index (κ1) is 12.4. The Morgan fingerprint density at radius 2 is 2.13 bits per heavy atom. The molecule has 1 rings (SSSR count). The maximum Gasteiger partial charge on any atom is 0.123 e. The van der Waals surface area contributed by atoms with E-state index in [1.807, 2.05) is 0 Å². The largest absolute Gasteiger partial charge is 0.396 e. The molecule has 0 radical (unpaired) electrons. The van der Waals surface area contributed by atoms with Crippen molar-refractivity contribution in [1.82, 2.24) is 0 Å². The average molecular weight is 233 g/mol. The minimum atomic E-state index is -0.587. The predicted octanol–water partition coefficient (Wildman–Crippen LogP) is 2.16. The van der Waals surface area contributed by atoms with E-state index in [2.05, 4.69) is 0 Å². The fourth-order valence-corrected chi connectivity index (χ4v) is 1.58. The number of halogens is 2. The Morgan fingerprint density at radius 1 is 1.40 bits per heavy atom. The Labute approximate surface area is 93.3 Å². The first-order valence-corrected chi connectivity index (χ1v) is 5.24. The third-order valence-electron chi connectivity index (χ3n) is 2.16. The van der Waals surface area contributed by atoms with E-state index >= 15 is 0 Å². The monoisotopic (exact) mass is 232 g/mol. The zero-order chi connectivity index (χ0) is 11.3. The summed E-state index contributed by atoms with van der Waals surface area (Å²) in [6.07, 6.45) is 0.755. The van der Waals surface area contributed by atoms with Crippen LogP contribution in [0.2, 0.25) is 5.02 Å². The molecule has 0 aliphatic carbocycles. The molecule has 0 saturated carbocycles. The Bertz CT molecular complexity index is 317. The lowest BCUT2D eigenvalue weighted by atomic mass is 10.0. The molecule has 4 heteroatoms. The normalized spacial score (nSPS) is 12.8. The second-order valence-corrected chi connectivity index (χ2v) is 3.87. The Morgan fingerprint density at radius 3 is 2.80 bits per heavy atom. The first-order valence-electron chi connectivity index (χ1n) is 4.86. The smallest absolute Gasteiger partial charge is 0.123 e. The molecule has 0 bridgehead atoms. The Balaban J connectivity index is 2.59. The Hall–Kier alpha value is -0.640. The van der Waals surface area contributed by atoms with Gasteiger partial charge in [-0.25, -0.2) is 4.39 Å². The highest BCUT2D eigenvalue weighted by atomic mass is 35.5. The van der Waals surface area contributed by atoms with Crippen molar-refractivity contribution in [2.75, 3.05) is 6.61 Å². The van der Waals surface area contributed by atoms with Crippen molar-refractivity contribution in [1.29, 1.82) is 0 Å². The molecule has 1 aromatic carbocycles. The second kappa shape index (κ2) is 6.05. The molecule has 0 saturated heterocycles. The maximum absolute atomic E-state index is 12.9. The van der Waals surface area contributed by atoms with Crippen LogP contribution in [0.1, 0.15) is 18.4 Å². The average Bonchev–Trinajstić information content (AvgIpc) is 2.20. The highest BCUT2D eigenvalue weighted by molar-refractivity contribution is 6.31. The number of aliphatic hydroxyl groups is 2. The van der Waals surface area contributed by atoms with E-state index in [0.717, 1.165) is 0 Å². The minimum absolute atomic E-state index is 0.0495. The summed E-state index contributed by atoms with van der Waals surface area (Å²) in [5.41, 5.74) is 0.599.